The summed E-state index contributed by atoms with van der Waals surface area (Å²) in [5.41, 5.74) is 6.18. The van der Waals surface area contributed by atoms with E-state index in [2.05, 4.69) is 15.5 Å². The number of nitrogens with two attached hydrogens (primary N) is 1. The molecule has 1 aromatic heterocycles. The van der Waals surface area contributed by atoms with Gasteiger partial charge < -0.3 is 10.5 Å². The Morgan fingerprint density at radius 2 is 2.57 bits per heavy atom. The number of amides is 1. The van der Waals surface area contributed by atoms with Crippen molar-refractivity contribution in [1.82, 2.24) is 10.2 Å². The van der Waals surface area contributed by atoms with E-state index in [9.17, 15) is 4.79 Å². The highest BCUT2D eigenvalue weighted by atomic mass is 32.1. The second-order valence-corrected chi connectivity index (χ2v) is 3.88. The van der Waals surface area contributed by atoms with Crippen molar-refractivity contribution in [3.63, 3.8) is 0 Å². The molecule has 0 aliphatic carbocycles. The van der Waals surface area contributed by atoms with Gasteiger partial charge in [0.2, 0.25) is 11.0 Å². The Hall–Kier alpha value is -1.05. The molecule has 3 N–H and O–H groups in total. The van der Waals surface area contributed by atoms with E-state index in [1.807, 2.05) is 0 Å². The summed E-state index contributed by atoms with van der Waals surface area (Å²) >= 11 is 1.23. The second kappa shape index (κ2) is 4.45. The van der Waals surface area contributed by atoms with Gasteiger partial charge in [-0.3, -0.25) is 10.1 Å². The third-order valence-electron chi connectivity index (χ3n) is 1.54. The van der Waals surface area contributed by atoms with Crippen LogP contribution in [-0.2, 0) is 9.53 Å². The van der Waals surface area contributed by atoms with Gasteiger partial charge in [0.1, 0.15) is 11.0 Å². The molecule has 0 fully saturated rings. The SMILES string of the molecule is COCC(C)(N)C(=O)Nc1nncs1. The number of carbonyl (C=O) groups excluding carboxylic acids is 1. The molecule has 0 saturated carbocycles. The molecule has 1 aromatic rings. The number of nitrogens with one attached hydrogen (secondary N) is 1. The lowest BCUT2D eigenvalue weighted by molar-refractivity contribution is -0.122. The maximum Gasteiger partial charge on any atom is 0.248 e. The molecule has 6 nitrogen and oxygen atoms in total. The number of hydrogen-bond acceptors (Lipinski definition) is 6. The summed E-state index contributed by atoms with van der Waals surface area (Å²) in [6, 6.07) is 0. The Morgan fingerprint density at radius 1 is 1.86 bits per heavy atom. The summed E-state index contributed by atoms with van der Waals surface area (Å²) in [7, 11) is 1.49. The van der Waals surface area contributed by atoms with Crippen LogP contribution in [0, 0.1) is 0 Å². The first kappa shape index (κ1) is 11.0. The lowest BCUT2D eigenvalue weighted by atomic mass is 10.1. The number of anilines is 1. The van der Waals surface area contributed by atoms with Crippen LogP contribution in [0.1, 0.15) is 6.92 Å². The molecule has 1 amide bonds. The van der Waals surface area contributed by atoms with Gasteiger partial charge in [0, 0.05) is 7.11 Å². The topological polar surface area (TPSA) is 90.1 Å². The van der Waals surface area contributed by atoms with Crippen molar-refractivity contribution in [3.8, 4) is 0 Å². The first-order chi connectivity index (χ1) is 6.56. The molecule has 0 spiro atoms. The van der Waals surface area contributed by atoms with Gasteiger partial charge in [-0.25, -0.2) is 0 Å². The van der Waals surface area contributed by atoms with E-state index < -0.39 is 5.54 Å². The number of ether oxygens (including phenoxy) is 1. The average molecular weight is 216 g/mol. The van der Waals surface area contributed by atoms with Crippen LogP contribution in [0.5, 0.6) is 0 Å². The van der Waals surface area contributed by atoms with Crippen molar-refractivity contribution in [1.29, 1.82) is 0 Å². The molecule has 7 heteroatoms. The van der Waals surface area contributed by atoms with Crippen LogP contribution in [0.2, 0.25) is 0 Å². The summed E-state index contributed by atoms with van der Waals surface area (Å²) in [6.07, 6.45) is 0. The van der Waals surface area contributed by atoms with Crippen LogP contribution in [0.3, 0.4) is 0 Å². The normalized spacial score (nSPS) is 14.8. The van der Waals surface area contributed by atoms with Gasteiger partial charge in [-0.1, -0.05) is 11.3 Å². The fraction of sp³-hybridized carbons (Fsp3) is 0.571. The molecule has 0 aliphatic heterocycles. The van der Waals surface area contributed by atoms with Crippen molar-refractivity contribution >= 4 is 22.4 Å². The number of carbonyl (C=O) groups is 1. The van der Waals surface area contributed by atoms with Gasteiger partial charge in [0.05, 0.1) is 6.61 Å². The summed E-state index contributed by atoms with van der Waals surface area (Å²) in [5.74, 6) is -0.337. The molecule has 14 heavy (non-hydrogen) atoms. The number of methoxy groups -OCH3 is 1. The van der Waals surface area contributed by atoms with Gasteiger partial charge in [0.25, 0.3) is 0 Å². The zero-order valence-corrected chi connectivity index (χ0v) is 8.80. The van der Waals surface area contributed by atoms with Crippen molar-refractivity contribution in [2.45, 2.75) is 12.5 Å². The Balaban J connectivity index is 2.57. The minimum atomic E-state index is -1.06. The maximum atomic E-state index is 11.5. The Labute approximate surface area is 85.5 Å². The van der Waals surface area contributed by atoms with E-state index in [0.717, 1.165) is 0 Å². The number of rotatable bonds is 4. The Kier molecular flexibility index (Phi) is 3.50. The van der Waals surface area contributed by atoms with Crippen LogP contribution in [0.4, 0.5) is 5.13 Å². The molecule has 0 bridgehead atoms. The highest BCUT2D eigenvalue weighted by Gasteiger charge is 2.28. The van der Waals surface area contributed by atoms with Gasteiger partial charge in [-0.15, -0.1) is 10.2 Å². The largest absolute Gasteiger partial charge is 0.382 e. The van der Waals surface area contributed by atoms with E-state index >= 15 is 0 Å². The molecule has 1 unspecified atom stereocenters. The van der Waals surface area contributed by atoms with Gasteiger partial charge >= 0.3 is 0 Å². The molecular formula is C7H12N4O2S. The van der Waals surface area contributed by atoms with E-state index in [0.29, 0.717) is 5.13 Å². The first-order valence-electron chi connectivity index (χ1n) is 3.91. The smallest absolute Gasteiger partial charge is 0.248 e. The lowest BCUT2D eigenvalue weighted by Crippen LogP contribution is -2.51. The van der Waals surface area contributed by atoms with Crippen LogP contribution in [0.15, 0.2) is 5.51 Å². The summed E-state index contributed by atoms with van der Waals surface area (Å²) in [4.78, 5) is 11.5. The molecule has 1 atom stereocenters. The minimum absolute atomic E-state index is 0.150. The molecule has 1 rings (SSSR count). The standard InChI is InChI=1S/C7H12N4O2S/c1-7(8,3-13-2)5(12)10-6-11-9-4-14-6/h4H,3,8H2,1-2H3,(H,10,11,12). The molecule has 0 saturated heterocycles. The Bertz CT molecular complexity index is 299. The van der Waals surface area contributed by atoms with Gasteiger partial charge in [-0.2, -0.15) is 0 Å². The maximum absolute atomic E-state index is 11.5. The van der Waals surface area contributed by atoms with Crippen LogP contribution in [-0.4, -0.2) is 35.4 Å². The summed E-state index contributed by atoms with van der Waals surface area (Å²) in [5, 5.41) is 10.2. The lowest BCUT2D eigenvalue weighted by Gasteiger charge is -2.21. The zero-order chi connectivity index (χ0) is 10.6. The molecular weight excluding hydrogens is 204 g/mol. The molecule has 0 aromatic carbocycles. The van der Waals surface area contributed by atoms with Gasteiger partial charge in [-0.05, 0) is 6.92 Å². The molecule has 78 valence electrons. The second-order valence-electron chi connectivity index (χ2n) is 3.05. The van der Waals surface area contributed by atoms with E-state index in [1.54, 1.807) is 6.92 Å². The monoisotopic (exact) mass is 216 g/mol. The van der Waals surface area contributed by atoms with Crippen molar-refractivity contribution < 1.29 is 9.53 Å². The fourth-order valence-electron chi connectivity index (χ4n) is 0.833. The Morgan fingerprint density at radius 3 is 3.07 bits per heavy atom. The van der Waals surface area contributed by atoms with Crippen molar-refractivity contribution in [2.24, 2.45) is 5.73 Å². The van der Waals surface area contributed by atoms with Crippen molar-refractivity contribution in [2.75, 3.05) is 19.0 Å². The first-order valence-corrected chi connectivity index (χ1v) is 4.79. The third kappa shape index (κ3) is 2.72. The molecule has 0 aliphatic rings. The number of nitrogens with zero attached hydrogens (tertiary/aromatic N) is 2. The predicted octanol–water partition coefficient (Wildman–Crippen LogP) is -0.160. The van der Waals surface area contributed by atoms with Crippen LogP contribution >= 0.6 is 11.3 Å². The molecule has 1 heterocycles. The summed E-state index contributed by atoms with van der Waals surface area (Å²) in [6.45, 7) is 1.74. The minimum Gasteiger partial charge on any atom is -0.382 e. The van der Waals surface area contributed by atoms with Crippen LogP contribution < -0.4 is 11.1 Å². The average Bonchev–Trinajstić information content (AvgIpc) is 2.56. The van der Waals surface area contributed by atoms with Gasteiger partial charge in [0.15, 0.2) is 0 Å². The highest BCUT2D eigenvalue weighted by molar-refractivity contribution is 7.13. The fourth-order valence-corrected chi connectivity index (χ4v) is 1.27. The van der Waals surface area contributed by atoms with Crippen molar-refractivity contribution in [3.05, 3.63) is 5.51 Å². The molecule has 0 radical (unpaired) electrons. The van der Waals surface area contributed by atoms with E-state index in [-0.39, 0.29) is 12.5 Å². The number of aromatic nitrogens is 2. The third-order valence-corrected chi connectivity index (χ3v) is 2.15. The highest BCUT2D eigenvalue weighted by Crippen LogP contribution is 2.10. The number of hydrogen-bond donors (Lipinski definition) is 2. The summed E-state index contributed by atoms with van der Waals surface area (Å²) < 4.78 is 4.83. The van der Waals surface area contributed by atoms with E-state index in [4.69, 9.17) is 10.5 Å². The zero-order valence-electron chi connectivity index (χ0n) is 7.98. The quantitative estimate of drug-likeness (QED) is 0.730. The predicted molar refractivity (Wildman–Crippen MR) is 53.0 cm³/mol. The van der Waals surface area contributed by atoms with E-state index in [1.165, 1.54) is 24.0 Å². The van der Waals surface area contributed by atoms with Crippen LogP contribution in [0.25, 0.3) is 0 Å².